The van der Waals surface area contributed by atoms with Gasteiger partial charge in [0.05, 0.1) is 0 Å². The van der Waals surface area contributed by atoms with Crippen molar-refractivity contribution >= 4 is 22.6 Å². The molecule has 3 rings (SSSR count). The molecule has 0 radical (unpaired) electrons. The van der Waals surface area contributed by atoms with Crippen LogP contribution in [0.1, 0.15) is 31.7 Å². The Bertz CT molecular complexity index is 769. The minimum absolute atomic E-state index is 0.0245. The lowest BCUT2D eigenvalue weighted by Gasteiger charge is -2.16. The van der Waals surface area contributed by atoms with Gasteiger partial charge in [-0.05, 0) is 56.4 Å². The molecule has 1 heterocycles. The van der Waals surface area contributed by atoms with Crippen LogP contribution in [0.2, 0.25) is 0 Å². The van der Waals surface area contributed by atoms with Gasteiger partial charge in [0.1, 0.15) is 17.4 Å². The van der Waals surface area contributed by atoms with Gasteiger partial charge in [-0.3, -0.25) is 0 Å². The first kappa shape index (κ1) is 14.2. The molecule has 0 aliphatic heterocycles. The van der Waals surface area contributed by atoms with E-state index < -0.39 is 0 Å². The van der Waals surface area contributed by atoms with Crippen molar-refractivity contribution in [3.8, 4) is 5.75 Å². The smallest absolute Gasteiger partial charge is 0.336 e. The molecular weight excluding hydrogens is 288 g/mol. The maximum absolute atomic E-state index is 11.5. The van der Waals surface area contributed by atoms with Crippen LogP contribution in [-0.4, -0.2) is 6.10 Å². The lowest BCUT2D eigenvalue weighted by Crippen LogP contribution is -2.14. The van der Waals surface area contributed by atoms with Crippen LogP contribution >= 0.6 is 11.6 Å². The second kappa shape index (κ2) is 5.57. The van der Waals surface area contributed by atoms with Crippen molar-refractivity contribution < 1.29 is 9.15 Å². The number of ether oxygens (including phenoxy) is 1. The van der Waals surface area contributed by atoms with Gasteiger partial charge >= 0.3 is 5.63 Å². The number of benzene rings is 1. The van der Waals surface area contributed by atoms with E-state index in [-0.39, 0.29) is 11.7 Å². The topological polar surface area (TPSA) is 39.4 Å². The van der Waals surface area contributed by atoms with Gasteiger partial charge in [0.15, 0.2) is 0 Å². The first-order valence-electron chi connectivity index (χ1n) is 7.11. The highest BCUT2D eigenvalue weighted by molar-refractivity contribution is 6.29. The largest absolute Gasteiger partial charge is 0.486 e. The zero-order valence-corrected chi connectivity index (χ0v) is 12.9. The summed E-state index contributed by atoms with van der Waals surface area (Å²) in [6, 6.07) is 7.12. The lowest BCUT2D eigenvalue weighted by atomic mass is 10.1. The quantitative estimate of drug-likeness (QED) is 0.764. The predicted molar refractivity (Wildman–Crippen MR) is 84.0 cm³/mol. The molecule has 21 heavy (non-hydrogen) atoms. The molecule has 0 saturated heterocycles. The van der Waals surface area contributed by atoms with Crippen LogP contribution in [0.5, 0.6) is 5.75 Å². The number of rotatable bonds is 2. The summed E-state index contributed by atoms with van der Waals surface area (Å²) in [4.78, 5) is 11.5. The fourth-order valence-electron chi connectivity index (χ4n) is 2.88. The minimum Gasteiger partial charge on any atom is -0.486 e. The van der Waals surface area contributed by atoms with Crippen molar-refractivity contribution in [1.29, 1.82) is 0 Å². The fraction of sp³-hybridized carbons (Fsp3) is 0.353. The molecule has 0 N–H and O–H groups in total. The van der Waals surface area contributed by atoms with Crippen molar-refractivity contribution in [3.63, 3.8) is 0 Å². The van der Waals surface area contributed by atoms with Crippen LogP contribution in [-0.2, 0) is 0 Å². The number of aryl methyl sites for hydroxylation is 1. The number of hydrogen-bond acceptors (Lipinski definition) is 3. The summed E-state index contributed by atoms with van der Waals surface area (Å²) in [6.07, 6.45) is 3.07. The molecule has 1 aliphatic rings. The average molecular weight is 305 g/mol. The van der Waals surface area contributed by atoms with E-state index in [2.05, 4.69) is 0 Å². The second-order valence-electron chi connectivity index (χ2n) is 5.46. The summed E-state index contributed by atoms with van der Waals surface area (Å²) in [5.41, 5.74) is 2.30. The molecule has 110 valence electrons. The fourth-order valence-corrected chi connectivity index (χ4v) is 3.10. The Morgan fingerprint density at radius 2 is 2.19 bits per heavy atom. The third-order valence-corrected chi connectivity index (χ3v) is 4.19. The normalized spacial score (nSPS) is 20.8. The maximum Gasteiger partial charge on any atom is 0.336 e. The molecule has 4 heteroatoms. The maximum atomic E-state index is 11.5. The van der Waals surface area contributed by atoms with Crippen LogP contribution in [0.25, 0.3) is 11.0 Å². The molecule has 0 unspecified atom stereocenters. The summed E-state index contributed by atoms with van der Waals surface area (Å²) < 4.78 is 11.3. The molecular formula is C17H17ClO3. The van der Waals surface area contributed by atoms with E-state index >= 15 is 0 Å². The predicted octanol–water partition coefficient (Wildman–Crippen LogP) is 4.55. The van der Waals surface area contributed by atoms with Gasteiger partial charge in [-0.15, -0.1) is 0 Å². The first-order valence-corrected chi connectivity index (χ1v) is 7.49. The monoisotopic (exact) mass is 304 g/mol. The SMILES string of the molecule is C/C(Cl)=C1/CCC[C@@H]1Oc1ccc2c(C)cc(=O)oc2c1. The van der Waals surface area contributed by atoms with Crippen molar-refractivity contribution in [3.05, 3.63) is 50.9 Å². The van der Waals surface area contributed by atoms with E-state index in [1.165, 1.54) is 11.6 Å². The zero-order valence-electron chi connectivity index (χ0n) is 12.1. The summed E-state index contributed by atoms with van der Waals surface area (Å²) in [5, 5.41) is 1.75. The van der Waals surface area contributed by atoms with Crippen LogP contribution in [0, 0.1) is 6.92 Å². The Hall–Kier alpha value is -1.74. The highest BCUT2D eigenvalue weighted by Gasteiger charge is 2.24. The van der Waals surface area contributed by atoms with Gasteiger partial charge < -0.3 is 9.15 Å². The minimum atomic E-state index is -0.338. The summed E-state index contributed by atoms with van der Waals surface area (Å²) in [6.45, 7) is 3.80. The molecule has 2 aromatic rings. The molecule has 1 fully saturated rings. The Morgan fingerprint density at radius 1 is 1.38 bits per heavy atom. The van der Waals surface area contributed by atoms with Crippen LogP contribution in [0.4, 0.5) is 0 Å². The van der Waals surface area contributed by atoms with Gasteiger partial charge in [0.2, 0.25) is 0 Å². The second-order valence-corrected chi connectivity index (χ2v) is 6.03. The molecule has 0 amide bonds. The van der Waals surface area contributed by atoms with Crippen molar-refractivity contribution in [2.75, 3.05) is 0 Å². The lowest BCUT2D eigenvalue weighted by molar-refractivity contribution is 0.243. The van der Waals surface area contributed by atoms with Crippen LogP contribution < -0.4 is 10.4 Å². The summed E-state index contributed by atoms with van der Waals surface area (Å²) in [5.74, 6) is 0.707. The van der Waals surface area contributed by atoms with Gasteiger partial charge in [-0.2, -0.15) is 0 Å². The van der Waals surface area contributed by atoms with E-state index in [9.17, 15) is 4.79 Å². The molecule has 1 atom stereocenters. The van der Waals surface area contributed by atoms with Gasteiger partial charge in [-0.25, -0.2) is 4.79 Å². The van der Waals surface area contributed by atoms with Crippen LogP contribution in [0.15, 0.2) is 44.1 Å². The van der Waals surface area contributed by atoms with E-state index in [1.807, 2.05) is 26.0 Å². The molecule has 1 aliphatic carbocycles. The Labute approximate surface area is 128 Å². The number of halogens is 1. The van der Waals surface area contributed by atoms with Crippen molar-refractivity contribution in [2.24, 2.45) is 0 Å². The van der Waals surface area contributed by atoms with Gasteiger partial charge in [0.25, 0.3) is 0 Å². The number of allylic oxidation sites excluding steroid dienone is 1. The van der Waals surface area contributed by atoms with Crippen molar-refractivity contribution in [1.82, 2.24) is 0 Å². The Balaban J connectivity index is 1.95. The third kappa shape index (κ3) is 2.84. The average Bonchev–Trinajstić information content (AvgIpc) is 2.86. The van der Waals surface area contributed by atoms with Gasteiger partial charge in [0, 0.05) is 22.6 Å². The van der Waals surface area contributed by atoms with E-state index in [0.29, 0.717) is 11.3 Å². The molecule has 1 aromatic heterocycles. The molecule has 0 spiro atoms. The molecule has 3 nitrogen and oxygen atoms in total. The number of fused-ring (bicyclic) bond motifs is 1. The Kier molecular flexibility index (Phi) is 3.77. The van der Waals surface area contributed by atoms with Gasteiger partial charge in [-0.1, -0.05) is 11.6 Å². The molecule has 1 saturated carbocycles. The van der Waals surface area contributed by atoms with E-state index in [1.54, 1.807) is 6.07 Å². The summed E-state index contributed by atoms with van der Waals surface area (Å²) >= 11 is 6.12. The first-order chi connectivity index (χ1) is 10.0. The van der Waals surface area contributed by atoms with E-state index in [0.717, 1.165) is 35.2 Å². The standard InChI is InChI=1S/C17H17ClO3/c1-10-8-17(19)21-16-9-12(6-7-13(10)16)20-15-5-3-4-14(15)11(2)18/h6-9,15H,3-5H2,1-2H3/b14-11+/t15-/m0/s1. The third-order valence-electron chi connectivity index (χ3n) is 3.94. The van der Waals surface area contributed by atoms with Crippen molar-refractivity contribution in [2.45, 2.75) is 39.2 Å². The highest BCUT2D eigenvalue weighted by atomic mass is 35.5. The van der Waals surface area contributed by atoms with Crippen LogP contribution in [0.3, 0.4) is 0 Å². The highest BCUT2D eigenvalue weighted by Crippen LogP contribution is 2.33. The van der Waals surface area contributed by atoms with E-state index in [4.69, 9.17) is 20.8 Å². The molecule has 0 bridgehead atoms. The summed E-state index contributed by atoms with van der Waals surface area (Å²) in [7, 11) is 0. The number of hydrogen-bond donors (Lipinski definition) is 0. The zero-order chi connectivity index (χ0) is 15.0. The molecule has 1 aromatic carbocycles. The Morgan fingerprint density at radius 3 is 2.95 bits per heavy atom.